The number of hydrogen-bond acceptors (Lipinski definition) is 5. The molecule has 3 heterocycles. The van der Waals surface area contributed by atoms with Crippen molar-refractivity contribution in [3.8, 4) is 0 Å². The van der Waals surface area contributed by atoms with E-state index in [1.54, 1.807) is 0 Å². The molecule has 1 aromatic heterocycles. The Morgan fingerprint density at radius 1 is 1.00 bits per heavy atom. The van der Waals surface area contributed by atoms with Crippen molar-refractivity contribution in [3.05, 3.63) is 47.5 Å². The van der Waals surface area contributed by atoms with Crippen LogP contribution >= 0.6 is 0 Å². The zero-order valence-corrected chi connectivity index (χ0v) is 16.1. The molecule has 2 aliphatic heterocycles. The lowest BCUT2D eigenvalue weighted by Gasteiger charge is -2.36. The standard InChI is InChI=1S/C21H28FN5/c1-2-3-9-25-10-8-20-17(16-25)15-23-21(24-20)27-13-11-26(12-14-27)19-6-4-18(22)5-7-19/h4-7,15H,2-3,8-14,16H2,1H3. The Bertz CT molecular complexity index is 756. The number of piperazine rings is 1. The van der Waals surface area contributed by atoms with Crippen molar-refractivity contribution in [2.75, 3.05) is 49.1 Å². The van der Waals surface area contributed by atoms with Gasteiger partial charge in [0.2, 0.25) is 5.95 Å². The van der Waals surface area contributed by atoms with Crippen molar-refractivity contribution in [1.82, 2.24) is 14.9 Å². The molecule has 6 heteroatoms. The molecule has 4 rings (SSSR count). The van der Waals surface area contributed by atoms with E-state index in [1.807, 2.05) is 18.3 Å². The van der Waals surface area contributed by atoms with Gasteiger partial charge in [0.05, 0.1) is 5.69 Å². The molecule has 1 fully saturated rings. The Morgan fingerprint density at radius 3 is 2.48 bits per heavy atom. The predicted octanol–water partition coefficient (Wildman–Crippen LogP) is 3.10. The molecule has 0 saturated carbocycles. The van der Waals surface area contributed by atoms with Gasteiger partial charge >= 0.3 is 0 Å². The van der Waals surface area contributed by atoms with Crippen molar-refractivity contribution >= 4 is 11.6 Å². The van der Waals surface area contributed by atoms with E-state index in [0.717, 1.165) is 57.3 Å². The third kappa shape index (κ3) is 4.21. The highest BCUT2D eigenvalue weighted by Gasteiger charge is 2.22. The normalized spacial score (nSPS) is 17.9. The zero-order valence-electron chi connectivity index (χ0n) is 16.1. The SMILES string of the molecule is CCCCN1CCc2nc(N3CCN(c4ccc(F)cc4)CC3)ncc2C1. The second-order valence-corrected chi connectivity index (χ2v) is 7.47. The second kappa shape index (κ2) is 8.21. The Hall–Kier alpha value is -2.21. The monoisotopic (exact) mass is 369 g/mol. The highest BCUT2D eigenvalue weighted by molar-refractivity contribution is 5.48. The number of hydrogen-bond donors (Lipinski definition) is 0. The maximum atomic E-state index is 13.1. The summed E-state index contributed by atoms with van der Waals surface area (Å²) in [7, 11) is 0. The summed E-state index contributed by atoms with van der Waals surface area (Å²) in [4.78, 5) is 16.6. The first-order valence-corrected chi connectivity index (χ1v) is 10.1. The molecule has 0 aliphatic carbocycles. The minimum absolute atomic E-state index is 0.187. The summed E-state index contributed by atoms with van der Waals surface area (Å²) in [5, 5.41) is 0. The summed E-state index contributed by atoms with van der Waals surface area (Å²) >= 11 is 0. The molecule has 0 radical (unpaired) electrons. The van der Waals surface area contributed by atoms with Crippen molar-refractivity contribution in [1.29, 1.82) is 0 Å². The minimum atomic E-state index is -0.187. The van der Waals surface area contributed by atoms with E-state index in [2.05, 4.69) is 26.6 Å². The summed E-state index contributed by atoms with van der Waals surface area (Å²) < 4.78 is 13.1. The molecule has 2 aromatic rings. The van der Waals surface area contributed by atoms with Crippen LogP contribution in [0.4, 0.5) is 16.0 Å². The van der Waals surface area contributed by atoms with Crippen molar-refractivity contribution in [2.45, 2.75) is 32.7 Å². The predicted molar refractivity (Wildman–Crippen MR) is 107 cm³/mol. The van der Waals surface area contributed by atoms with Crippen LogP contribution in [0.25, 0.3) is 0 Å². The number of aromatic nitrogens is 2. The number of nitrogens with zero attached hydrogens (tertiary/aromatic N) is 5. The molecule has 0 atom stereocenters. The van der Waals surface area contributed by atoms with Gasteiger partial charge in [-0.3, -0.25) is 4.90 Å². The summed E-state index contributed by atoms with van der Waals surface area (Å²) in [6.07, 6.45) is 5.54. The number of fused-ring (bicyclic) bond motifs is 1. The summed E-state index contributed by atoms with van der Waals surface area (Å²) in [6.45, 7) is 9.06. The molecule has 2 aliphatic rings. The van der Waals surface area contributed by atoms with Gasteiger partial charge < -0.3 is 9.80 Å². The highest BCUT2D eigenvalue weighted by Crippen LogP contribution is 2.22. The molecule has 0 bridgehead atoms. The lowest BCUT2D eigenvalue weighted by Crippen LogP contribution is -2.47. The van der Waals surface area contributed by atoms with Crippen LogP contribution in [-0.4, -0.2) is 54.1 Å². The fourth-order valence-electron chi connectivity index (χ4n) is 3.91. The van der Waals surface area contributed by atoms with Crippen molar-refractivity contribution in [2.24, 2.45) is 0 Å². The minimum Gasteiger partial charge on any atom is -0.368 e. The van der Waals surface area contributed by atoms with Gasteiger partial charge in [-0.1, -0.05) is 13.3 Å². The van der Waals surface area contributed by atoms with E-state index in [1.165, 1.54) is 42.8 Å². The van der Waals surface area contributed by atoms with Gasteiger partial charge in [0.25, 0.3) is 0 Å². The molecule has 0 spiro atoms. The maximum absolute atomic E-state index is 13.1. The number of benzene rings is 1. The Morgan fingerprint density at radius 2 is 1.74 bits per heavy atom. The number of anilines is 2. The third-order valence-electron chi connectivity index (χ3n) is 5.58. The molecule has 1 aromatic carbocycles. The molecular weight excluding hydrogens is 341 g/mol. The molecule has 1 saturated heterocycles. The number of rotatable bonds is 5. The van der Waals surface area contributed by atoms with Crippen molar-refractivity contribution in [3.63, 3.8) is 0 Å². The van der Waals surface area contributed by atoms with E-state index < -0.39 is 0 Å². The largest absolute Gasteiger partial charge is 0.368 e. The molecule has 144 valence electrons. The van der Waals surface area contributed by atoms with Gasteiger partial charge in [-0.15, -0.1) is 0 Å². The van der Waals surface area contributed by atoms with E-state index in [4.69, 9.17) is 4.98 Å². The van der Waals surface area contributed by atoms with Gasteiger partial charge in [0, 0.05) is 63.1 Å². The molecule has 27 heavy (non-hydrogen) atoms. The average molecular weight is 369 g/mol. The van der Waals surface area contributed by atoms with E-state index in [-0.39, 0.29) is 5.82 Å². The lowest BCUT2D eigenvalue weighted by atomic mass is 10.1. The fourth-order valence-corrected chi connectivity index (χ4v) is 3.91. The summed E-state index contributed by atoms with van der Waals surface area (Å²) in [5.41, 5.74) is 3.58. The maximum Gasteiger partial charge on any atom is 0.225 e. The molecular formula is C21H28FN5. The average Bonchev–Trinajstić information content (AvgIpc) is 2.72. The van der Waals surface area contributed by atoms with Gasteiger partial charge in [-0.2, -0.15) is 0 Å². The van der Waals surface area contributed by atoms with Crippen LogP contribution in [0.5, 0.6) is 0 Å². The topological polar surface area (TPSA) is 35.5 Å². The van der Waals surface area contributed by atoms with Crippen LogP contribution in [0.3, 0.4) is 0 Å². The van der Waals surface area contributed by atoms with Gasteiger partial charge in [-0.25, -0.2) is 14.4 Å². The van der Waals surface area contributed by atoms with Gasteiger partial charge in [0.15, 0.2) is 0 Å². The Kier molecular flexibility index (Phi) is 5.53. The smallest absolute Gasteiger partial charge is 0.225 e. The molecule has 5 nitrogen and oxygen atoms in total. The quantitative estimate of drug-likeness (QED) is 0.809. The van der Waals surface area contributed by atoms with Crippen molar-refractivity contribution < 1.29 is 4.39 Å². The Labute approximate surface area is 160 Å². The van der Waals surface area contributed by atoms with Crippen LogP contribution < -0.4 is 9.80 Å². The van der Waals surface area contributed by atoms with Gasteiger partial charge in [-0.05, 0) is 37.2 Å². The number of halogens is 1. The van der Waals surface area contributed by atoms with Crippen LogP contribution in [0.1, 0.15) is 31.0 Å². The highest BCUT2D eigenvalue weighted by atomic mass is 19.1. The first kappa shape index (κ1) is 18.2. The van der Waals surface area contributed by atoms with E-state index in [0.29, 0.717) is 0 Å². The summed E-state index contributed by atoms with van der Waals surface area (Å²) in [5.74, 6) is 0.669. The van der Waals surface area contributed by atoms with Gasteiger partial charge in [0.1, 0.15) is 5.82 Å². The Balaban J connectivity index is 1.37. The number of unbranched alkanes of at least 4 members (excludes halogenated alkanes) is 1. The first-order valence-electron chi connectivity index (χ1n) is 10.1. The molecule has 0 amide bonds. The van der Waals surface area contributed by atoms with Crippen LogP contribution in [0.2, 0.25) is 0 Å². The zero-order chi connectivity index (χ0) is 18.6. The third-order valence-corrected chi connectivity index (χ3v) is 5.58. The lowest BCUT2D eigenvalue weighted by molar-refractivity contribution is 0.247. The molecule has 0 unspecified atom stereocenters. The van der Waals surface area contributed by atoms with Crippen LogP contribution in [0.15, 0.2) is 30.5 Å². The van der Waals surface area contributed by atoms with Crippen LogP contribution in [-0.2, 0) is 13.0 Å². The molecule has 0 N–H and O–H groups in total. The first-order chi connectivity index (χ1) is 13.2. The fraction of sp³-hybridized carbons (Fsp3) is 0.524. The second-order valence-electron chi connectivity index (χ2n) is 7.47. The van der Waals surface area contributed by atoms with E-state index >= 15 is 0 Å². The summed E-state index contributed by atoms with van der Waals surface area (Å²) in [6, 6.07) is 6.76. The van der Waals surface area contributed by atoms with Crippen LogP contribution in [0, 0.1) is 5.82 Å². The van der Waals surface area contributed by atoms with E-state index in [9.17, 15) is 4.39 Å².